The molecule has 1 aliphatic rings. The van der Waals surface area contributed by atoms with E-state index in [1.165, 1.54) is 37.7 Å². The summed E-state index contributed by atoms with van der Waals surface area (Å²) in [4.78, 5) is 0. The van der Waals surface area contributed by atoms with Gasteiger partial charge in [-0.3, -0.25) is 0 Å². The molecule has 0 radical (unpaired) electrons. The summed E-state index contributed by atoms with van der Waals surface area (Å²) in [5.74, 6) is 0.861. The molecule has 17 heavy (non-hydrogen) atoms. The van der Waals surface area contributed by atoms with Gasteiger partial charge in [-0.2, -0.15) is 0 Å². The first kappa shape index (κ1) is 13.4. The molecule has 1 fully saturated rings. The molecule has 1 aliphatic carbocycles. The summed E-state index contributed by atoms with van der Waals surface area (Å²) in [5.41, 5.74) is 1.32. The Balaban J connectivity index is 1.87. The normalized spacial score (nSPS) is 21.4. The van der Waals surface area contributed by atoms with Gasteiger partial charge in [-0.25, -0.2) is 0 Å². The third-order valence-electron chi connectivity index (χ3n) is 3.96. The van der Waals surface area contributed by atoms with Crippen molar-refractivity contribution in [3.05, 3.63) is 21.3 Å². The van der Waals surface area contributed by atoms with Crippen molar-refractivity contribution in [2.24, 2.45) is 5.92 Å². The predicted molar refractivity (Wildman–Crippen MR) is 76.9 cm³/mol. The molecular weight excluding hydrogens is 250 g/mol. The lowest BCUT2D eigenvalue weighted by Crippen LogP contribution is -2.36. The zero-order valence-corrected chi connectivity index (χ0v) is 12.3. The zero-order chi connectivity index (χ0) is 12.3. The summed E-state index contributed by atoms with van der Waals surface area (Å²) < 4.78 is 0.888. The maximum atomic E-state index is 5.98. The first-order valence-electron chi connectivity index (χ1n) is 6.67. The average molecular weight is 272 g/mol. The predicted octanol–water partition coefficient (Wildman–Crippen LogP) is 5.02. The van der Waals surface area contributed by atoms with Crippen LogP contribution in [0.5, 0.6) is 0 Å². The van der Waals surface area contributed by atoms with Crippen LogP contribution in [-0.2, 0) is 0 Å². The van der Waals surface area contributed by atoms with Crippen molar-refractivity contribution in [3.8, 4) is 0 Å². The molecule has 0 aliphatic heterocycles. The van der Waals surface area contributed by atoms with Crippen molar-refractivity contribution in [1.82, 2.24) is 5.32 Å². The lowest BCUT2D eigenvalue weighted by molar-refractivity contribution is 0.268. The zero-order valence-electron chi connectivity index (χ0n) is 10.7. The maximum absolute atomic E-state index is 5.98. The molecule has 3 heteroatoms. The summed E-state index contributed by atoms with van der Waals surface area (Å²) >= 11 is 7.60. The molecule has 0 saturated heterocycles. The molecule has 0 amide bonds. The van der Waals surface area contributed by atoms with Gasteiger partial charge < -0.3 is 5.32 Å². The Morgan fingerprint density at radius 3 is 2.59 bits per heavy atom. The van der Waals surface area contributed by atoms with E-state index in [-0.39, 0.29) is 0 Å². The van der Waals surface area contributed by atoms with E-state index >= 15 is 0 Å². The lowest BCUT2D eigenvalue weighted by atomic mass is 9.84. The number of thiophene rings is 1. The third kappa shape index (κ3) is 3.70. The minimum absolute atomic E-state index is 0.413. The molecule has 1 saturated carbocycles. The Hall–Kier alpha value is -0.0500. The Labute approximate surface area is 114 Å². The SMILES string of the molecule is CC(N[C@@H](C)C1CCCCC1)c1csc(Cl)c1. The number of hydrogen-bond donors (Lipinski definition) is 1. The number of halogens is 1. The van der Waals surface area contributed by atoms with Crippen LogP contribution in [0.15, 0.2) is 11.4 Å². The van der Waals surface area contributed by atoms with E-state index < -0.39 is 0 Å². The second-order valence-electron chi connectivity index (χ2n) is 5.26. The molecule has 1 aromatic rings. The maximum Gasteiger partial charge on any atom is 0.0931 e. The second-order valence-corrected chi connectivity index (χ2v) is 6.80. The van der Waals surface area contributed by atoms with Crippen molar-refractivity contribution >= 4 is 22.9 Å². The Morgan fingerprint density at radius 2 is 2.00 bits per heavy atom. The molecule has 1 heterocycles. The van der Waals surface area contributed by atoms with Gasteiger partial charge >= 0.3 is 0 Å². The highest BCUT2D eigenvalue weighted by Gasteiger charge is 2.21. The van der Waals surface area contributed by atoms with Gasteiger partial charge in [0.15, 0.2) is 0 Å². The van der Waals surface area contributed by atoms with E-state index in [0.717, 1.165) is 10.3 Å². The van der Waals surface area contributed by atoms with E-state index in [4.69, 9.17) is 11.6 Å². The number of nitrogens with one attached hydrogen (secondary N) is 1. The quantitative estimate of drug-likeness (QED) is 0.811. The van der Waals surface area contributed by atoms with Gasteiger partial charge in [-0.1, -0.05) is 30.9 Å². The largest absolute Gasteiger partial charge is 0.307 e. The highest BCUT2D eigenvalue weighted by atomic mass is 35.5. The minimum Gasteiger partial charge on any atom is -0.307 e. The smallest absolute Gasteiger partial charge is 0.0931 e. The molecule has 2 rings (SSSR count). The standard InChI is InChI=1S/C14H22ClNS/c1-10(12-6-4-3-5-7-12)16-11(2)13-8-14(15)17-9-13/h8-12,16H,3-7H2,1-2H3/t10-,11?/m0/s1. The van der Waals surface area contributed by atoms with Crippen molar-refractivity contribution in [2.45, 2.75) is 58.0 Å². The molecule has 1 N–H and O–H groups in total. The van der Waals surface area contributed by atoms with E-state index in [2.05, 4.69) is 30.6 Å². The number of rotatable bonds is 4. The second kappa shape index (κ2) is 6.21. The van der Waals surface area contributed by atoms with Gasteiger partial charge in [0.1, 0.15) is 0 Å². The molecule has 1 nitrogen and oxygen atoms in total. The Bertz CT molecular complexity index is 344. The van der Waals surface area contributed by atoms with Crippen LogP contribution in [0.3, 0.4) is 0 Å². The van der Waals surface area contributed by atoms with Gasteiger partial charge in [-0.05, 0) is 49.6 Å². The van der Waals surface area contributed by atoms with Crippen LogP contribution in [0.2, 0.25) is 4.34 Å². The fraction of sp³-hybridized carbons (Fsp3) is 0.714. The molecular formula is C14H22ClNS. The molecule has 1 aromatic heterocycles. The molecule has 0 aromatic carbocycles. The first-order chi connectivity index (χ1) is 8.16. The van der Waals surface area contributed by atoms with Gasteiger partial charge in [0.05, 0.1) is 4.34 Å². The van der Waals surface area contributed by atoms with E-state index in [9.17, 15) is 0 Å². The van der Waals surface area contributed by atoms with E-state index in [1.807, 2.05) is 0 Å². The van der Waals surface area contributed by atoms with Crippen molar-refractivity contribution in [1.29, 1.82) is 0 Å². The van der Waals surface area contributed by atoms with Crippen LogP contribution in [0.4, 0.5) is 0 Å². The molecule has 0 spiro atoms. The molecule has 2 atom stereocenters. The fourth-order valence-corrected chi connectivity index (χ4v) is 3.80. The van der Waals surface area contributed by atoms with Gasteiger partial charge in [0.25, 0.3) is 0 Å². The van der Waals surface area contributed by atoms with E-state index in [1.54, 1.807) is 11.3 Å². The fourth-order valence-electron chi connectivity index (χ4n) is 2.81. The first-order valence-corrected chi connectivity index (χ1v) is 7.92. The van der Waals surface area contributed by atoms with E-state index in [0.29, 0.717) is 12.1 Å². The van der Waals surface area contributed by atoms with Crippen LogP contribution in [0, 0.1) is 5.92 Å². The van der Waals surface area contributed by atoms with Crippen LogP contribution < -0.4 is 5.32 Å². The molecule has 1 unspecified atom stereocenters. The minimum atomic E-state index is 0.413. The van der Waals surface area contributed by atoms with Gasteiger partial charge in [-0.15, -0.1) is 11.3 Å². The van der Waals surface area contributed by atoms with Crippen LogP contribution in [-0.4, -0.2) is 6.04 Å². The summed E-state index contributed by atoms with van der Waals surface area (Å²) in [6, 6.07) is 3.11. The van der Waals surface area contributed by atoms with Crippen LogP contribution in [0.25, 0.3) is 0 Å². The summed E-state index contributed by atoms with van der Waals surface area (Å²) in [6.07, 6.45) is 7.04. The summed E-state index contributed by atoms with van der Waals surface area (Å²) in [5, 5.41) is 5.89. The van der Waals surface area contributed by atoms with Gasteiger partial charge in [0.2, 0.25) is 0 Å². The summed E-state index contributed by atoms with van der Waals surface area (Å²) in [7, 11) is 0. The highest BCUT2D eigenvalue weighted by Crippen LogP contribution is 2.29. The van der Waals surface area contributed by atoms with Crippen molar-refractivity contribution in [3.63, 3.8) is 0 Å². The Morgan fingerprint density at radius 1 is 1.29 bits per heavy atom. The van der Waals surface area contributed by atoms with Crippen molar-refractivity contribution < 1.29 is 0 Å². The monoisotopic (exact) mass is 271 g/mol. The van der Waals surface area contributed by atoms with Crippen LogP contribution >= 0.6 is 22.9 Å². The topological polar surface area (TPSA) is 12.0 Å². The van der Waals surface area contributed by atoms with Crippen molar-refractivity contribution in [2.75, 3.05) is 0 Å². The highest BCUT2D eigenvalue weighted by molar-refractivity contribution is 7.14. The number of hydrogen-bond acceptors (Lipinski definition) is 2. The average Bonchev–Trinajstić information content (AvgIpc) is 2.77. The van der Waals surface area contributed by atoms with Gasteiger partial charge in [0, 0.05) is 12.1 Å². The van der Waals surface area contributed by atoms with Crippen LogP contribution in [0.1, 0.15) is 57.6 Å². The lowest BCUT2D eigenvalue weighted by Gasteiger charge is -2.30. The Kier molecular flexibility index (Phi) is 4.89. The molecule has 96 valence electrons. The molecule has 0 bridgehead atoms. The third-order valence-corrected chi connectivity index (χ3v) is 5.07. The summed E-state index contributed by atoms with van der Waals surface area (Å²) in [6.45, 7) is 4.57.